The fourth-order valence-corrected chi connectivity index (χ4v) is 1.27. The molecule has 0 bridgehead atoms. The summed E-state index contributed by atoms with van der Waals surface area (Å²) in [4.78, 5) is 0. The fourth-order valence-electron chi connectivity index (χ4n) is 1.27. The van der Waals surface area contributed by atoms with E-state index in [4.69, 9.17) is 0 Å². The minimum absolute atomic E-state index is 0.891. The van der Waals surface area contributed by atoms with Crippen molar-refractivity contribution >= 4 is 5.70 Å². The van der Waals surface area contributed by atoms with Crippen molar-refractivity contribution in [2.75, 3.05) is 0 Å². The summed E-state index contributed by atoms with van der Waals surface area (Å²) in [7, 11) is 0. The van der Waals surface area contributed by atoms with Gasteiger partial charge in [-0.1, -0.05) is 61.7 Å². The van der Waals surface area contributed by atoms with Crippen molar-refractivity contribution in [2.45, 2.75) is 6.92 Å². The number of hydrogen-bond acceptors (Lipinski definition) is 1. The van der Waals surface area contributed by atoms with E-state index in [1.165, 1.54) is 0 Å². The first-order chi connectivity index (χ1) is 7.77. The Labute approximate surface area is 97.5 Å². The van der Waals surface area contributed by atoms with Crippen LogP contribution in [0, 0.1) is 0 Å². The summed E-state index contributed by atoms with van der Waals surface area (Å²) in [6.45, 7) is 9.63. The number of hydrogen-bond donors (Lipinski definition) is 1. The highest BCUT2D eigenvalue weighted by molar-refractivity contribution is 5.63. The molecule has 0 unspecified atom stereocenters. The first-order valence-corrected chi connectivity index (χ1v) is 5.24. The molecule has 0 aromatic heterocycles. The molecule has 1 heteroatoms. The number of benzene rings is 1. The van der Waals surface area contributed by atoms with Crippen LogP contribution in [0.3, 0.4) is 0 Å². The monoisotopic (exact) mass is 211 g/mol. The number of nitrogens with one attached hydrogen (secondary N) is 1. The molecule has 16 heavy (non-hydrogen) atoms. The highest BCUT2D eigenvalue weighted by Gasteiger charge is 1.97. The molecular weight excluding hydrogens is 194 g/mol. The molecule has 0 amide bonds. The molecule has 0 heterocycles. The third-order valence-electron chi connectivity index (χ3n) is 2.14. The Balaban J connectivity index is 2.71. The zero-order chi connectivity index (χ0) is 11.8. The standard InChI is InChI=1S/C15H17N/c1-4-6-12-15(5-2)16-13(3)14-10-8-7-9-11-14/h4-12,16H,1,3H2,2H3/b12-6-,15-5+. The van der Waals surface area contributed by atoms with Gasteiger partial charge < -0.3 is 5.32 Å². The van der Waals surface area contributed by atoms with Crippen molar-refractivity contribution in [1.29, 1.82) is 0 Å². The van der Waals surface area contributed by atoms with Crippen LogP contribution < -0.4 is 5.32 Å². The second kappa shape index (κ2) is 6.46. The number of allylic oxidation sites excluding steroid dienone is 4. The van der Waals surface area contributed by atoms with Gasteiger partial charge >= 0.3 is 0 Å². The predicted molar refractivity (Wildman–Crippen MR) is 71.7 cm³/mol. The van der Waals surface area contributed by atoms with Crippen LogP contribution in [0.5, 0.6) is 0 Å². The van der Waals surface area contributed by atoms with E-state index in [-0.39, 0.29) is 0 Å². The van der Waals surface area contributed by atoms with Crippen LogP contribution in [0.1, 0.15) is 12.5 Å². The zero-order valence-corrected chi connectivity index (χ0v) is 9.61. The molecule has 0 aliphatic carbocycles. The third-order valence-corrected chi connectivity index (χ3v) is 2.14. The van der Waals surface area contributed by atoms with E-state index in [1.54, 1.807) is 6.08 Å². The lowest BCUT2D eigenvalue weighted by atomic mass is 10.1. The molecule has 1 N–H and O–H groups in total. The van der Waals surface area contributed by atoms with E-state index in [9.17, 15) is 0 Å². The lowest BCUT2D eigenvalue weighted by molar-refractivity contribution is 1.13. The van der Waals surface area contributed by atoms with E-state index in [0.717, 1.165) is 17.0 Å². The highest BCUT2D eigenvalue weighted by atomic mass is 14.9. The highest BCUT2D eigenvalue weighted by Crippen LogP contribution is 2.10. The molecule has 82 valence electrons. The second-order valence-corrected chi connectivity index (χ2v) is 3.31. The van der Waals surface area contributed by atoms with Gasteiger partial charge in [0, 0.05) is 11.4 Å². The molecule has 0 saturated carbocycles. The van der Waals surface area contributed by atoms with Crippen LogP contribution in [0.4, 0.5) is 0 Å². The van der Waals surface area contributed by atoms with E-state index in [2.05, 4.69) is 18.5 Å². The summed E-state index contributed by atoms with van der Waals surface area (Å²) < 4.78 is 0. The van der Waals surface area contributed by atoms with Crippen molar-refractivity contribution in [3.05, 3.63) is 79.1 Å². The van der Waals surface area contributed by atoms with Crippen LogP contribution in [0.25, 0.3) is 5.70 Å². The summed E-state index contributed by atoms with van der Waals surface area (Å²) in [6, 6.07) is 10.0. The molecule has 0 saturated heterocycles. The predicted octanol–water partition coefficient (Wildman–Crippen LogP) is 3.89. The van der Waals surface area contributed by atoms with Crippen LogP contribution in [-0.2, 0) is 0 Å². The van der Waals surface area contributed by atoms with Crippen molar-refractivity contribution in [3.63, 3.8) is 0 Å². The summed E-state index contributed by atoms with van der Waals surface area (Å²) >= 11 is 0. The molecular formula is C15H17N. The Bertz CT molecular complexity index is 410. The lowest BCUT2D eigenvalue weighted by Crippen LogP contribution is -2.08. The van der Waals surface area contributed by atoms with Gasteiger partial charge in [0.05, 0.1) is 0 Å². The van der Waals surface area contributed by atoms with Gasteiger partial charge in [-0.25, -0.2) is 0 Å². The molecule has 1 aromatic carbocycles. The Morgan fingerprint density at radius 3 is 2.50 bits per heavy atom. The molecule has 1 rings (SSSR count). The summed E-state index contributed by atoms with van der Waals surface area (Å²) in [6.07, 6.45) is 7.59. The summed E-state index contributed by atoms with van der Waals surface area (Å²) in [5.74, 6) is 0. The van der Waals surface area contributed by atoms with Gasteiger partial charge in [0.2, 0.25) is 0 Å². The first-order valence-electron chi connectivity index (χ1n) is 5.24. The second-order valence-electron chi connectivity index (χ2n) is 3.31. The molecule has 1 nitrogen and oxygen atoms in total. The first kappa shape index (κ1) is 12.1. The Kier molecular flexibility index (Phi) is 4.87. The van der Waals surface area contributed by atoms with E-state index in [0.29, 0.717) is 0 Å². The minimum Gasteiger partial charge on any atom is -0.356 e. The minimum atomic E-state index is 0.891. The Hall–Kier alpha value is -2.02. The maximum Gasteiger partial charge on any atom is 0.0384 e. The Morgan fingerprint density at radius 1 is 1.25 bits per heavy atom. The lowest BCUT2D eigenvalue weighted by Gasteiger charge is -2.10. The molecule has 1 aromatic rings. The average Bonchev–Trinajstić information content (AvgIpc) is 2.35. The van der Waals surface area contributed by atoms with Crippen molar-refractivity contribution < 1.29 is 0 Å². The van der Waals surface area contributed by atoms with Gasteiger partial charge in [-0.2, -0.15) is 0 Å². The topological polar surface area (TPSA) is 12.0 Å². The van der Waals surface area contributed by atoms with E-state index >= 15 is 0 Å². The molecule has 0 spiro atoms. The summed E-state index contributed by atoms with van der Waals surface area (Å²) in [5, 5.41) is 3.25. The summed E-state index contributed by atoms with van der Waals surface area (Å²) in [5.41, 5.74) is 2.99. The Morgan fingerprint density at radius 2 is 1.94 bits per heavy atom. The van der Waals surface area contributed by atoms with Gasteiger partial charge in [0.15, 0.2) is 0 Å². The van der Waals surface area contributed by atoms with E-state index in [1.807, 2.05) is 55.5 Å². The number of rotatable bonds is 5. The van der Waals surface area contributed by atoms with Crippen molar-refractivity contribution in [1.82, 2.24) is 5.32 Å². The molecule has 0 radical (unpaired) electrons. The largest absolute Gasteiger partial charge is 0.356 e. The van der Waals surface area contributed by atoms with E-state index < -0.39 is 0 Å². The van der Waals surface area contributed by atoms with Crippen molar-refractivity contribution in [3.8, 4) is 0 Å². The normalized spacial score (nSPS) is 11.4. The fraction of sp³-hybridized carbons (Fsp3) is 0.0667. The van der Waals surface area contributed by atoms with Crippen LogP contribution >= 0.6 is 0 Å². The van der Waals surface area contributed by atoms with Gasteiger partial charge in [-0.3, -0.25) is 0 Å². The van der Waals surface area contributed by atoms with Gasteiger partial charge in [0.1, 0.15) is 0 Å². The molecule has 0 aliphatic heterocycles. The molecule has 0 aliphatic rings. The maximum absolute atomic E-state index is 4.01. The maximum atomic E-state index is 4.01. The molecule has 0 atom stereocenters. The average molecular weight is 211 g/mol. The van der Waals surface area contributed by atoms with Gasteiger partial charge in [0.25, 0.3) is 0 Å². The SMILES string of the molecule is C=C/C=C\C(=C/C)NC(=C)c1ccccc1. The van der Waals surface area contributed by atoms with Crippen LogP contribution in [0.2, 0.25) is 0 Å². The third kappa shape index (κ3) is 3.62. The van der Waals surface area contributed by atoms with Gasteiger partial charge in [-0.15, -0.1) is 0 Å². The van der Waals surface area contributed by atoms with Gasteiger partial charge in [-0.05, 0) is 18.6 Å². The zero-order valence-electron chi connectivity index (χ0n) is 9.61. The van der Waals surface area contributed by atoms with Crippen LogP contribution in [-0.4, -0.2) is 0 Å². The molecule has 0 fully saturated rings. The smallest absolute Gasteiger partial charge is 0.0384 e. The van der Waals surface area contributed by atoms with Crippen LogP contribution in [0.15, 0.2) is 73.5 Å². The van der Waals surface area contributed by atoms with Crippen molar-refractivity contribution in [2.24, 2.45) is 0 Å². The quantitative estimate of drug-likeness (QED) is 0.728.